The first-order valence-electron chi connectivity index (χ1n) is 4.02. The van der Waals surface area contributed by atoms with E-state index in [1.807, 2.05) is 0 Å². The zero-order valence-corrected chi connectivity index (χ0v) is 9.36. The summed E-state index contributed by atoms with van der Waals surface area (Å²) in [5, 5.41) is 3.73. The molecule has 1 aromatic rings. The van der Waals surface area contributed by atoms with Gasteiger partial charge >= 0.3 is 5.97 Å². The van der Waals surface area contributed by atoms with Gasteiger partial charge in [0.15, 0.2) is 5.69 Å². The molecule has 1 heterocycles. The van der Waals surface area contributed by atoms with E-state index in [1.165, 1.54) is 23.3 Å². The minimum absolute atomic E-state index is 0.309. The van der Waals surface area contributed by atoms with Crippen molar-refractivity contribution in [3.8, 4) is 0 Å². The molecule has 0 amide bonds. The maximum atomic E-state index is 11.3. The molecule has 0 aliphatic carbocycles. The van der Waals surface area contributed by atoms with Gasteiger partial charge in [0.2, 0.25) is 0 Å². The third kappa shape index (κ3) is 2.81. The van der Waals surface area contributed by atoms with Crippen molar-refractivity contribution in [2.45, 2.75) is 11.1 Å². The van der Waals surface area contributed by atoms with Crippen LogP contribution in [-0.4, -0.2) is 27.9 Å². The Morgan fingerprint density at radius 1 is 1.79 bits per heavy atom. The number of hydrogen-bond acceptors (Lipinski definition) is 6. The average molecular weight is 230 g/mol. The fourth-order valence-electron chi connectivity index (χ4n) is 0.735. The summed E-state index contributed by atoms with van der Waals surface area (Å²) in [5.74, 6) is 0.323. The number of aromatic nitrogens is 2. The fourth-order valence-corrected chi connectivity index (χ4v) is 2.19. The first-order valence-corrected chi connectivity index (χ1v) is 5.78. The van der Waals surface area contributed by atoms with Crippen LogP contribution >= 0.6 is 23.3 Å². The summed E-state index contributed by atoms with van der Waals surface area (Å²) in [6, 6.07) is 0. The van der Waals surface area contributed by atoms with Gasteiger partial charge in [-0.05, 0) is 18.5 Å². The lowest BCUT2D eigenvalue weighted by Gasteiger charge is -1.98. The first kappa shape index (κ1) is 11.2. The highest BCUT2D eigenvalue weighted by atomic mass is 32.2. The van der Waals surface area contributed by atoms with Gasteiger partial charge in [-0.2, -0.15) is 0 Å². The van der Waals surface area contributed by atoms with Gasteiger partial charge in [0.25, 0.3) is 0 Å². The molecule has 0 bridgehead atoms. The van der Waals surface area contributed by atoms with Crippen molar-refractivity contribution >= 4 is 29.3 Å². The summed E-state index contributed by atoms with van der Waals surface area (Å²) >= 11 is 2.68. The van der Waals surface area contributed by atoms with E-state index in [0.29, 0.717) is 12.3 Å². The molecule has 0 spiro atoms. The van der Waals surface area contributed by atoms with Crippen LogP contribution in [0, 0.1) is 0 Å². The summed E-state index contributed by atoms with van der Waals surface area (Å²) < 4.78 is 9.33. The van der Waals surface area contributed by atoms with Gasteiger partial charge in [-0.1, -0.05) is 10.6 Å². The van der Waals surface area contributed by atoms with E-state index in [9.17, 15) is 4.79 Å². The van der Waals surface area contributed by atoms with E-state index in [-0.39, 0.29) is 0 Å². The Labute approximate surface area is 90.5 Å². The SMILES string of the molecule is C=CCSc1snnc1C(=O)OCC. The minimum atomic E-state index is -0.409. The predicted molar refractivity (Wildman–Crippen MR) is 56.8 cm³/mol. The third-order valence-electron chi connectivity index (χ3n) is 1.26. The number of carbonyl (C=O) groups excluding carboxylic acids is 1. The van der Waals surface area contributed by atoms with E-state index in [0.717, 1.165) is 9.96 Å². The van der Waals surface area contributed by atoms with Crippen molar-refractivity contribution in [3.05, 3.63) is 18.3 Å². The Balaban J connectivity index is 2.70. The molecule has 0 fully saturated rings. The Bertz CT molecular complexity index is 325. The fraction of sp³-hybridized carbons (Fsp3) is 0.375. The molecule has 0 aliphatic rings. The second kappa shape index (κ2) is 5.77. The Hall–Kier alpha value is -0.880. The molecular weight excluding hydrogens is 220 g/mol. The van der Waals surface area contributed by atoms with Gasteiger partial charge in [0.1, 0.15) is 4.21 Å². The summed E-state index contributed by atoms with van der Waals surface area (Å²) in [6.45, 7) is 5.71. The normalized spacial score (nSPS) is 9.79. The Morgan fingerprint density at radius 2 is 2.57 bits per heavy atom. The smallest absolute Gasteiger partial charge is 0.361 e. The lowest BCUT2D eigenvalue weighted by Crippen LogP contribution is -2.06. The van der Waals surface area contributed by atoms with Crippen LogP contribution in [0.3, 0.4) is 0 Å². The van der Waals surface area contributed by atoms with Crippen molar-refractivity contribution in [2.24, 2.45) is 0 Å². The molecule has 0 saturated carbocycles. The van der Waals surface area contributed by atoms with Crippen LogP contribution < -0.4 is 0 Å². The molecule has 4 nitrogen and oxygen atoms in total. The number of hydrogen-bond donors (Lipinski definition) is 0. The van der Waals surface area contributed by atoms with Gasteiger partial charge in [0, 0.05) is 5.75 Å². The number of esters is 1. The summed E-state index contributed by atoms with van der Waals surface area (Å²) in [5.41, 5.74) is 0.309. The zero-order valence-electron chi connectivity index (χ0n) is 7.73. The van der Waals surface area contributed by atoms with Crippen molar-refractivity contribution in [2.75, 3.05) is 12.4 Å². The van der Waals surface area contributed by atoms with Crippen molar-refractivity contribution in [1.29, 1.82) is 0 Å². The predicted octanol–water partition coefficient (Wildman–Crippen LogP) is 1.99. The van der Waals surface area contributed by atoms with Crippen molar-refractivity contribution in [1.82, 2.24) is 9.59 Å². The topological polar surface area (TPSA) is 52.1 Å². The average Bonchev–Trinajstić information content (AvgIpc) is 2.63. The Kier molecular flexibility index (Phi) is 4.61. The van der Waals surface area contributed by atoms with Crippen LogP contribution in [0.2, 0.25) is 0 Å². The number of carbonyl (C=O) groups is 1. The quantitative estimate of drug-likeness (QED) is 0.440. The molecular formula is C8H10N2O2S2. The third-order valence-corrected chi connectivity index (χ3v) is 3.22. The second-order valence-electron chi connectivity index (χ2n) is 2.23. The molecule has 0 radical (unpaired) electrons. The monoisotopic (exact) mass is 230 g/mol. The molecule has 0 aliphatic heterocycles. The molecule has 0 atom stereocenters. The highest BCUT2D eigenvalue weighted by molar-refractivity contribution is 8.01. The zero-order chi connectivity index (χ0) is 10.4. The van der Waals surface area contributed by atoms with Crippen LogP contribution in [0.1, 0.15) is 17.4 Å². The minimum Gasteiger partial charge on any atom is -0.461 e. The van der Waals surface area contributed by atoms with Crippen LogP contribution in [0.5, 0.6) is 0 Å². The number of ether oxygens (including phenoxy) is 1. The van der Waals surface area contributed by atoms with Crippen LogP contribution in [0.25, 0.3) is 0 Å². The first-order chi connectivity index (χ1) is 6.79. The molecule has 0 saturated heterocycles. The maximum absolute atomic E-state index is 11.3. The molecule has 1 aromatic heterocycles. The van der Waals surface area contributed by atoms with E-state index >= 15 is 0 Å². The van der Waals surface area contributed by atoms with Crippen LogP contribution in [0.15, 0.2) is 16.9 Å². The Morgan fingerprint density at radius 3 is 3.21 bits per heavy atom. The summed E-state index contributed by atoms with van der Waals surface area (Å²) in [7, 11) is 0. The van der Waals surface area contributed by atoms with Crippen LogP contribution in [0.4, 0.5) is 0 Å². The molecule has 76 valence electrons. The summed E-state index contributed by atoms with van der Waals surface area (Å²) in [6.07, 6.45) is 1.76. The standard InChI is InChI=1S/C8H10N2O2S2/c1-3-5-13-8-6(9-10-14-8)7(11)12-4-2/h3H,1,4-5H2,2H3. The maximum Gasteiger partial charge on any atom is 0.361 e. The highest BCUT2D eigenvalue weighted by Gasteiger charge is 2.17. The molecule has 0 aromatic carbocycles. The highest BCUT2D eigenvalue weighted by Crippen LogP contribution is 2.25. The van der Waals surface area contributed by atoms with E-state index in [2.05, 4.69) is 16.2 Å². The number of rotatable bonds is 5. The second-order valence-corrected chi connectivity index (χ2v) is 4.27. The lowest BCUT2D eigenvalue weighted by molar-refractivity contribution is 0.0515. The molecule has 0 unspecified atom stereocenters. The van der Waals surface area contributed by atoms with Crippen LogP contribution in [-0.2, 0) is 4.74 Å². The molecule has 1 rings (SSSR count). The van der Waals surface area contributed by atoms with Gasteiger partial charge in [-0.15, -0.1) is 23.4 Å². The van der Waals surface area contributed by atoms with E-state index in [4.69, 9.17) is 4.74 Å². The number of nitrogens with zero attached hydrogens (tertiary/aromatic N) is 2. The van der Waals surface area contributed by atoms with Crippen molar-refractivity contribution < 1.29 is 9.53 Å². The van der Waals surface area contributed by atoms with Crippen molar-refractivity contribution in [3.63, 3.8) is 0 Å². The van der Waals surface area contributed by atoms with Gasteiger partial charge in [-0.3, -0.25) is 0 Å². The largest absolute Gasteiger partial charge is 0.461 e. The molecule has 6 heteroatoms. The number of thioether (sulfide) groups is 1. The van der Waals surface area contributed by atoms with Gasteiger partial charge < -0.3 is 4.74 Å². The van der Waals surface area contributed by atoms with Gasteiger partial charge in [-0.25, -0.2) is 4.79 Å². The lowest BCUT2D eigenvalue weighted by atomic mass is 10.5. The summed E-state index contributed by atoms with van der Waals surface area (Å²) in [4.78, 5) is 11.3. The molecule has 0 N–H and O–H groups in total. The van der Waals surface area contributed by atoms with Gasteiger partial charge in [0.05, 0.1) is 6.61 Å². The van der Waals surface area contributed by atoms with E-state index < -0.39 is 5.97 Å². The van der Waals surface area contributed by atoms with E-state index in [1.54, 1.807) is 13.0 Å². The molecule has 14 heavy (non-hydrogen) atoms.